The van der Waals surface area contributed by atoms with Gasteiger partial charge in [0.1, 0.15) is 11.3 Å². The summed E-state index contributed by atoms with van der Waals surface area (Å²) >= 11 is 8.83. The van der Waals surface area contributed by atoms with Crippen LogP contribution in [0.25, 0.3) is 10.2 Å². The van der Waals surface area contributed by atoms with Crippen LogP contribution in [-0.2, 0) is 6.42 Å². The molecule has 8 nitrogen and oxygen atoms in total. The smallest absolute Gasteiger partial charge is 0.407 e. The highest BCUT2D eigenvalue weighted by molar-refractivity contribution is 7.99. The Morgan fingerprint density at radius 1 is 1.21 bits per heavy atom. The Labute approximate surface area is 210 Å². The second kappa shape index (κ2) is 13.0. The molecule has 11 heteroatoms. The van der Waals surface area contributed by atoms with Crippen LogP contribution < -0.4 is 10.2 Å². The number of H-pyrrole nitrogens is 1. The normalized spacial score (nSPS) is 12.2. The highest BCUT2D eigenvalue weighted by Crippen LogP contribution is 2.31. The number of fused-ring (bicyclic) bond motifs is 1. The van der Waals surface area contributed by atoms with E-state index in [-0.39, 0.29) is 10.6 Å². The number of hydrogen-bond acceptors (Lipinski definition) is 7. The Kier molecular flexibility index (Phi) is 10.1. The summed E-state index contributed by atoms with van der Waals surface area (Å²) in [5.41, 5.74) is 1.89. The van der Waals surface area contributed by atoms with Gasteiger partial charge in [-0.05, 0) is 36.3 Å². The van der Waals surface area contributed by atoms with Gasteiger partial charge in [-0.3, -0.25) is 4.79 Å². The molecule has 0 aliphatic carbocycles. The molecule has 0 spiro atoms. The van der Waals surface area contributed by atoms with Gasteiger partial charge in [0, 0.05) is 42.5 Å². The third-order valence-corrected chi connectivity index (χ3v) is 7.67. The predicted octanol–water partition coefficient (Wildman–Crippen LogP) is 3.92. The maximum atomic E-state index is 11.6. The number of phenolic OH excluding ortho intramolecular Hbond substituents is 1. The lowest BCUT2D eigenvalue weighted by Gasteiger charge is -2.19. The molecule has 184 valence electrons. The number of halogens is 1. The number of benzene rings is 2. The second-order valence-corrected chi connectivity index (χ2v) is 10.3. The van der Waals surface area contributed by atoms with Crippen LogP contribution in [0.2, 0.25) is 5.02 Å². The number of aromatic amines is 1. The average molecular weight is 526 g/mol. The molecule has 0 radical (unpaired) electrons. The largest absolute Gasteiger partial charge is 0.506 e. The van der Waals surface area contributed by atoms with E-state index in [0.29, 0.717) is 53.4 Å². The van der Waals surface area contributed by atoms with Gasteiger partial charge in [-0.1, -0.05) is 47.2 Å². The van der Waals surface area contributed by atoms with Gasteiger partial charge in [-0.15, -0.1) is 0 Å². The van der Waals surface area contributed by atoms with E-state index in [0.717, 1.165) is 34.8 Å². The number of aliphatic hydroxyl groups excluding tert-OH is 1. The first-order chi connectivity index (χ1) is 16.4. The van der Waals surface area contributed by atoms with Crippen molar-refractivity contribution in [2.75, 3.05) is 37.7 Å². The van der Waals surface area contributed by atoms with Crippen LogP contribution in [0.3, 0.4) is 0 Å². The van der Waals surface area contributed by atoms with Crippen molar-refractivity contribution in [3.8, 4) is 5.75 Å². The fourth-order valence-corrected chi connectivity index (χ4v) is 5.49. The Hall–Kier alpha value is -2.24. The molecule has 1 aromatic heterocycles. The van der Waals surface area contributed by atoms with Crippen LogP contribution in [0.1, 0.15) is 23.7 Å². The first-order valence-electron chi connectivity index (χ1n) is 10.9. The number of thiazole rings is 1. The SMILES string of the molecule is O=C(O)N(CCCSCCNC[C@@H](O)c1ccc(O)c2[nH]c(=O)sc12)CCc1ccccc1Cl. The molecule has 1 heterocycles. The summed E-state index contributed by atoms with van der Waals surface area (Å²) in [6.45, 7) is 1.88. The molecule has 1 atom stereocenters. The summed E-state index contributed by atoms with van der Waals surface area (Å²) in [5, 5.41) is 33.6. The van der Waals surface area contributed by atoms with Gasteiger partial charge in [0.25, 0.3) is 0 Å². The molecule has 34 heavy (non-hydrogen) atoms. The van der Waals surface area contributed by atoms with Crippen molar-refractivity contribution in [1.82, 2.24) is 15.2 Å². The molecule has 0 aliphatic heterocycles. The van der Waals surface area contributed by atoms with E-state index in [4.69, 9.17) is 11.6 Å². The van der Waals surface area contributed by atoms with Crippen LogP contribution in [0, 0.1) is 0 Å². The third-order valence-electron chi connectivity index (χ3n) is 5.30. The number of nitrogens with zero attached hydrogens (tertiary/aromatic N) is 1. The van der Waals surface area contributed by atoms with Crippen molar-refractivity contribution in [3.05, 3.63) is 62.2 Å². The van der Waals surface area contributed by atoms with Crippen molar-refractivity contribution in [1.29, 1.82) is 0 Å². The van der Waals surface area contributed by atoms with Gasteiger partial charge in [-0.2, -0.15) is 11.8 Å². The minimum Gasteiger partial charge on any atom is -0.506 e. The van der Waals surface area contributed by atoms with E-state index in [9.17, 15) is 24.9 Å². The van der Waals surface area contributed by atoms with Gasteiger partial charge in [0.15, 0.2) is 0 Å². The molecular weight excluding hydrogens is 498 g/mol. The Morgan fingerprint density at radius 2 is 2.00 bits per heavy atom. The van der Waals surface area contributed by atoms with Crippen molar-refractivity contribution in [3.63, 3.8) is 0 Å². The number of aromatic nitrogens is 1. The maximum Gasteiger partial charge on any atom is 0.407 e. The van der Waals surface area contributed by atoms with Crippen LogP contribution in [0.15, 0.2) is 41.2 Å². The summed E-state index contributed by atoms with van der Waals surface area (Å²) in [7, 11) is 0. The van der Waals surface area contributed by atoms with E-state index in [2.05, 4.69) is 10.3 Å². The van der Waals surface area contributed by atoms with E-state index in [1.54, 1.807) is 23.9 Å². The number of rotatable bonds is 13. The lowest BCUT2D eigenvalue weighted by atomic mass is 10.1. The molecule has 0 saturated heterocycles. The monoisotopic (exact) mass is 525 g/mol. The summed E-state index contributed by atoms with van der Waals surface area (Å²) in [5.74, 6) is 1.64. The van der Waals surface area contributed by atoms with Crippen molar-refractivity contribution in [2.45, 2.75) is 18.9 Å². The second-order valence-electron chi connectivity index (χ2n) is 7.69. The summed E-state index contributed by atoms with van der Waals surface area (Å²) in [4.78, 5) is 26.8. The van der Waals surface area contributed by atoms with Crippen LogP contribution in [0.5, 0.6) is 5.75 Å². The lowest BCUT2D eigenvalue weighted by Crippen LogP contribution is -2.32. The zero-order chi connectivity index (χ0) is 24.5. The lowest BCUT2D eigenvalue weighted by molar-refractivity contribution is 0.146. The molecule has 2 aromatic carbocycles. The number of hydrogen-bond donors (Lipinski definition) is 5. The Morgan fingerprint density at radius 3 is 2.76 bits per heavy atom. The third kappa shape index (κ3) is 7.38. The van der Waals surface area contributed by atoms with Gasteiger partial charge in [0.2, 0.25) is 0 Å². The van der Waals surface area contributed by atoms with Gasteiger partial charge >= 0.3 is 11.0 Å². The van der Waals surface area contributed by atoms with Crippen LogP contribution in [0.4, 0.5) is 4.79 Å². The molecular formula is C23H28ClN3O5S2. The Balaban J connectivity index is 1.32. The van der Waals surface area contributed by atoms with Crippen LogP contribution >= 0.6 is 34.7 Å². The Bertz CT molecular complexity index is 1150. The number of carboxylic acid groups (broad SMARTS) is 1. The topological polar surface area (TPSA) is 126 Å². The van der Waals surface area contributed by atoms with Crippen molar-refractivity contribution >= 4 is 51.0 Å². The first kappa shape index (κ1) is 26.4. The number of aromatic hydroxyl groups is 1. The molecule has 0 bridgehead atoms. The highest BCUT2D eigenvalue weighted by atomic mass is 35.5. The van der Waals surface area contributed by atoms with Crippen molar-refractivity contribution < 1.29 is 20.1 Å². The van der Waals surface area contributed by atoms with E-state index in [1.165, 1.54) is 11.0 Å². The molecule has 0 saturated carbocycles. The zero-order valence-electron chi connectivity index (χ0n) is 18.5. The number of phenols is 1. The van der Waals surface area contributed by atoms with E-state index < -0.39 is 12.2 Å². The molecule has 1 amide bonds. The number of amides is 1. The molecule has 0 aliphatic rings. The molecule has 3 rings (SSSR count). The van der Waals surface area contributed by atoms with Crippen molar-refractivity contribution in [2.24, 2.45) is 0 Å². The number of carbonyl (C=O) groups is 1. The van der Waals surface area contributed by atoms with Crippen LogP contribution in [-0.4, -0.2) is 69.0 Å². The molecule has 0 unspecified atom stereocenters. The molecule has 5 N–H and O–H groups in total. The highest BCUT2D eigenvalue weighted by Gasteiger charge is 2.16. The van der Waals surface area contributed by atoms with Gasteiger partial charge in [-0.25, -0.2) is 4.79 Å². The van der Waals surface area contributed by atoms with Gasteiger partial charge in [0.05, 0.1) is 10.8 Å². The van der Waals surface area contributed by atoms with E-state index in [1.807, 2.05) is 18.2 Å². The maximum absolute atomic E-state index is 11.6. The van der Waals surface area contributed by atoms with Gasteiger partial charge < -0.3 is 30.5 Å². The number of nitrogens with one attached hydrogen (secondary N) is 2. The first-order valence-corrected chi connectivity index (χ1v) is 13.2. The summed E-state index contributed by atoms with van der Waals surface area (Å²) in [6.07, 6.45) is -0.400. The summed E-state index contributed by atoms with van der Waals surface area (Å²) in [6, 6.07) is 10.6. The molecule has 3 aromatic rings. The standard InChI is InChI=1S/C23H28ClN3O5S2/c24-17-5-2-1-4-15(17)8-11-27(23(31)32)10-3-12-33-13-9-25-14-19(29)16-6-7-18(28)20-21(16)34-22(30)26-20/h1-2,4-7,19,25,28-29H,3,8-14H2,(H,26,30)(H,31,32)/t19-/m1/s1. The minimum atomic E-state index is -0.927. The molecule has 0 fully saturated rings. The number of thioether (sulfide) groups is 1. The quantitative estimate of drug-likeness (QED) is 0.214. The minimum absolute atomic E-state index is 0.0148. The van der Waals surface area contributed by atoms with E-state index >= 15 is 0 Å². The predicted molar refractivity (Wildman–Crippen MR) is 139 cm³/mol. The summed E-state index contributed by atoms with van der Waals surface area (Å²) < 4.78 is 0.561. The zero-order valence-corrected chi connectivity index (χ0v) is 20.9. The fraction of sp³-hybridized carbons (Fsp3) is 0.391. The average Bonchev–Trinajstić information content (AvgIpc) is 3.20. The fourth-order valence-electron chi connectivity index (χ4n) is 3.51. The number of aliphatic hydroxyl groups is 1.